The van der Waals surface area contributed by atoms with Gasteiger partial charge in [0.1, 0.15) is 0 Å². The number of hydrogen-bond donors (Lipinski definition) is 3. The summed E-state index contributed by atoms with van der Waals surface area (Å²) < 4.78 is 5.19. The van der Waals surface area contributed by atoms with Crippen molar-refractivity contribution < 1.29 is 19.7 Å². The van der Waals surface area contributed by atoms with Gasteiger partial charge in [0.05, 0.1) is 5.92 Å². The number of benzene rings is 1. The van der Waals surface area contributed by atoms with Gasteiger partial charge in [-0.1, -0.05) is 45.0 Å². The molecule has 0 fully saturated rings. The quantitative estimate of drug-likeness (QED) is 0.709. The molecule has 3 N–H and O–H groups in total. The number of carbonyl (C=O) groups is 1. The Morgan fingerprint density at radius 1 is 1.22 bits per heavy atom. The van der Waals surface area contributed by atoms with Crippen molar-refractivity contribution in [2.75, 3.05) is 0 Å². The van der Waals surface area contributed by atoms with Crippen molar-refractivity contribution >= 4 is 5.97 Å². The molecule has 23 heavy (non-hydrogen) atoms. The van der Waals surface area contributed by atoms with Crippen molar-refractivity contribution in [2.24, 2.45) is 5.92 Å². The summed E-state index contributed by atoms with van der Waals surface area (Å²) in [6.45, 7) is 6.24. The highest BCUT2D eigenvalue weighted by Crippen LogP contribution is 2.31. The molecule has 1 heterocycles. The predicted octanol–water partition coefficient (Wildman–Crippen LogP) is 3.72. The first-order valence-corrected chi connectivity index (χ1v) is 7.82. The Morgan fingerprint density at radius 3 is 2.35 bits per heavy atom. The van der Waals surface area contributed by atoms with Gasteiger partial charge in [0.25, 0.3) is 0 Å². The van der Waals surface area contributed by atoms with E-state index in [4.69, 9.17) is 4.74 Å². The number of rotatable bonds is 6. The number of aromatic nitrogens is 1. The summed E-state index contributed by atoms with van der Waals surface area (Å²) in [6, 6.07) is 9.13. The maximum Gasteiger partial charge on any atom is 0.318 e. The van der Waals surface area contributed by atoms with Crippen LogP contribution in [0.25, 0.3) is 0 Å². The molecule has 0 aliphatic heterocycles. The van der Waals surface area contributed by atoms with Crippen LogP contribution in [0.1, 0.15) is 44.2 Å². The first kappa shape index (κ1) is 16.9. The molecule has 1 unspecified atom stereocenters. The van der Waals surface area contributed by atoms with Crippen molar-refractivity contribution in [3.63, 3.8) is 0 Å². The van der Waals surface area contributed by atoms with Gasteiger partial charge < -0.3 is 14.9 Å². The highest BCUT2D eigenvalue weighted by atomic mass is 16.5. The highest BCUT2D eigenvalue weighted by molar-refractivity contribution is 5.80. The fourth-order valence-electron chi connectivity index (χ4n) is 2.56. The summed E-state index contributed by atoms with van der Waals surface area (Å²) in [4.78, 5) is 14.6. The Bertz CT molecular complexity index is 658. The molecule has 2 rings (SSSR count). The van der Waals surface area contributed by atoms with Gasteiger partial charge in [-0.3, -0.25) is 9.78 Å². The van der Waals surface area contributed by atoms with Gasteiger partial charge in [0, 0.05) is 6.07 Å². The molecule has 0 spiro atoms. The Labute approximate surface area is 135 Å². The highest BCUT2D eigenvalue weighted by Gasteiger charge is 2.23. The van der Waals surface area contributed by atoms with Crippen LogP contribution >= 0.6 is 0 Å². The molecule has 1 atom stereocenters. The number of nitrogens with one attached hydrogen (secondary N) is 1. The van der Waals surface area contributed by atoms with E-state index in [-0.39, 0.29) is 17.5 Å². The molecule has 0 aliphatic rings. The number of H-pyrrole nitrogens is 1. The molecule has 5 heteroatoms. The van der Waals surface area contributed by atoms with Gasteiger partial charge in [-0.05, 0) is 29.9 Å². The van der Waals surface area contributed by atoms with E-state index in [1.54, 1.807) is 0 Å². The number of hydrogen-bond acceptors (Lipinski definition) is 4. The van der Waals surface area contributed by atoms with Crippen molar-refractivity contribution in [1.82, 2.24) is 4.98 Å². The van der Waals surface area contributed by atoms with Crippen molar-refractivity contribution in [3.8, 4) is 17.5 Å². The fraction of sp³-hybridized carbons (Fsp3) is 0.389. The lowest BCUT2D eigenvalue weighted by Gasteiger charge is -2.15. The second-order valence-corrected chi connectivity index (χ2v) is 6.09. The molecule has 0 radical (unpaired) electrons. The molecule has 2 aromatic rings. The lowest BCUT2D eigenvalue weighted by Crippen LogP contribution is -2.18. The van der Waals surface area contributed by atoms with Crippen molar-refractivity contribution in [3.05, 3.63) is 41.5 Å². The monoisotopic (exact) mass is 317 g/mol. The van der Waals surface area contributed by atoms with Crippen LogP contribution < -0.4 is 4.74 Å². The van der Waals surface area contributed by atoms with E-state index in [2.05, 4.69) is 18.8 Å². The van der Waals surface area contributed by atoms with Gasteiger partial charge in [0.15, 0.2) is 11.6 Å². The average molecular weight is 317 g/mol. The summed E-state index contributed by atoms with van der Waals surface area (Å²) in [5.41, 5.74) is 2.12. The Balaban J connectivity index is 2.12. The largest absolute Gasteiger partial charge is 0.494 e. The average Bonchev–Trinajstić information content (AvgIpc) is 2.79. The van der Waals surface area contributed by atoms with E-state index < -0.39 is 11.9 Å². The van der Waals surface area contributed by atoms with Crippen LogP contribution in [-0.4, -0.2) is 21.2 Å². The lowest BCUT2D eigenvalue weighted by molar-refractivity contribution is -0.136. The Morgan fingerprint density at radius 2 is 1.87 bits per heavy atom. The Hall–Kier alpha value is -2.43. The van der Waals surface area contributed by atoms with Gasteiger partial charge >= 0.3 is 5.97 Å². The number of aromatic amines is 1. The standard InChI is InChI=1S/C18H23NO4/c1-4-14(13-7-5-12(6-8-13)9-11(2)3)18(22)23-15-10-16(20)19-17(15)21/h5-8,10-11,14,19-21H,4,9H2,1-3H3. The SMILES string of the molecule is CCC(C(=O)Oc1cc(O)[nH]c1O)c1ccc(CC(C)C)cc1. The van der Waals surface area contributed by atoms with Gasteiger partial charge in [-0.2, -0.15) is 0 Å². The summed E-state index contributed by atoms with van der Waals surface area (Å²) in [5, 5.41) is 18.8. The van der Waals surface area contributed by atoms with Crippen LogP contribution in [-0.2, 0) is 11.2 Å². The minimum absolute atomic E-state index is 0.0672. The molecule has 1 aromatic carbocycles. The molecule has 5 nitrogen and oxygen atoms in total. The minimum Gasteiger partial charge on any atom is -0.494 e. The number of ether oxygens (including phenoxy) is 1. The molecule has 0 amide bonds. The van der Waals surface area contributed by atoms with Crippen LogP contribution in [0.3, 0.4) is 0 Å². The lowest BCUT2D eigenvalue weighted by atomic mass is 9.94. The predicted molar refractivity (Wildman–Crippen MR) is 87.8 cm³/mol. The van der Waals surface area contributed by atoms with E-state index in [0.29, 0.717) is 12.3 Å². The van der Waals surface area contributed by atoms with Gasteiger partial charge in [-0.25, -0.2) is 0 Å². The van der Waals surface area contributed by atoms with E-state index in [1.807, 2.05) is 31.2 Å². The first-order chi connectivity index (χ1) is 10.9. The zero-order valence-electron chi connectivity index (χ0n) is 13.7. The normalized spacial score (nSPS) is 12.3. The molecule has 0 saturated heterocycles. The van der Waals surface area contributed by atoms with E-state index in [0.717, 1.165) is 12.0 Å². The third-order valence-electron chi connectivity index (χ3n) is 3.68. The van der Waals surface area contributed by atoms with Crippen molar-refractivity contribution in [2.45, 2.75) is 39.5 Å². The molecule has 1 aromatic heterocycles. The van der Waals surface area contributed by atoms with Crippen LogP contribution in [0.2, 0.25) is 0 Å². The van der Waals surface area contributed by atoms with E-state index in [1.165, 1.54) is 11.6 Å². The maximum absolute atomic E-state index is 12.3. The fourth-order valence-corrected chi connectivity index (χ4v) is 2.56. The van der Waals surface area contributed by atoms with Crippen LogP contribution in [0.15, 0.2) is 30.3 Å². The zero-order chi connectivity index (χ0) is 17.0. The third kappa shape index (κ3) is 4.28. The maximum atomic E-state index is 12.3. The van der Waals surface area contributed by atoms with Crippen LogP contribution in [0, 0.1) is 5.92 Å². The number of aromatic hydroxyl groups is 2. The second kappa shape index (κ2) is 7.22. The molecule has 0 bridgehead atoms. The summed E-state index contributed by atoms with van der Waals surface area (Å²) in [6.07, 6.45) is 1.58. The second-order valence-electron chi connectivity index (χ2n) is 6.09. The number of esters is 1. The summed E-state index contributed by atoms with van der Waals surface area (Å²) in [5.74, 6) is -0.980. The van der Waals surface area contributed by atoms with E-state index >= 15 is 0 Å². The minimum atomic E-state index is -0.460. The molecular formula is C18H23NO4. The molecule has 0 aliphatic carbocycles. The van der Waals surface area contributed by atoms with Crippen LogP contribution in [0.5, 0.6) is 17.5 Å². The molecule has 124 valence electrons. The number of carbonyl (C=O) groups excluding carboxylic acids is 1. The van der Waals surface area contributed by atoms with Gasteiger partial charge in [0.2, 0.25) is 5.88 Å². The van der Waals surface area contributed by atoms with Gasteiger partial charge in [-0.15, -0.1) is 0 Å². The van der Waals surface area contributed by atoms with Crippen LogP contribution in [0.4, 0.5) is 0 Å². The van der Waals surface area contributed by atoms with E-state index in [9.17, 15) is 15.0 Å². The summed E-state index contributed by atoms with van der Waals surface area (Å²) in [7, 11) is 0. The first-order valence-electron chi connectivity index (χ1n) is 7.82. The zero-order valence-corrected chi connectivity index (χ0v) is 13.7. The Kier molecular flexibility index (Phi) is 5.32. The summed E-state index contributed by atoms with van der Waals surface area (Å²) >= 11 is 0. The topological polar surface area (TPSA) is 82.5 Å². The third-order valence-corrected chi connectivity index (χ3v) is 3.68. The molecule has 0 saturated carbocycles. The smallest absolute Gasteiger partial charge is 0.318 e. The molecular weight excluding hydrogens is 294 g/mol. The van der Waals surface area contributed by atoms with Crippen molar-refractivity contribution in [1.29, 1.82) is 0 Å².